The molecule has 1 aliphatic carbocycles. The number of nitrogens with zero attached hydrogens (tertiary/aromatic N) is 5. The van der Waals surface area contributed by atoms with Gasteiger partial charge in [0, 0.05) is 36.3 Å². The van der Waals surface area contributed by atoms with E-state index in [1.165, 1.54) is 6.33 Å². The van der Waals surface area contributed by atoms with Gasteiger partial charge in [0.25, 0.3) is 0 Å². The summed E-state index contributed by atoms with van der Waals surface area (Å²) in [5.41, 5.74) is 4.10. The van der Waals surface area contributed by atoms with Crippen LogP contribution >= 0.6 is 0 Å². The van der Waals surface area contributed by atoms with Gasteiger partial charge in [-0.25, -0.2) is 9.48 Å². The Kier molecular flexibility index (Phi) is 5.87. The Hall–Kier alpha value is -4.32. The van der Waals surface area contributed by atoms with Gasteiger partial charge in [-0.15, -0.1) is 0 Å². The van der Waals surface area contributed by atoms with Crippen LogP contribution in [-0.4, -0.2) is 31.4 Å². The van der Waals surface area contributed by atoms with E-state index in [0.717, 1.165) is 41.4 Å². The fourth-order valence-corrected chi connectivity index (χ4v) is 4.40. The van der Waals surface area contributed by atoms with Crippen molar-refractivity contribution in [2.24, 2.45) is 7.05 Å². The second kappa shape index (κ2) is 9.14. The molecule has 0 aliphatic heterocycles. The molecule has 2 heterocycles. The van der Waals surface area contributed by atoms with Crippen LogP contribution in [0.5, 0.6) is 11.8 Å². The van der Waals surface area contributed by atoms with Crippen LogP contribution < -0.4 is 15.4 Å². The third-order valence-corrected chi connectivity index (χ3v) is 6.24. The van der Waals surface area contributed by atoms with Crippen LogP contribution in [0.2, 0.25) is 0 Å². The van der Waals surface area contributed by atoms with Crippen molar-refractivity contribution >= 4 is 22.6 Å². The Morgan fingerprint density at radius 3 is 2.57 bits per heavy atom. The van der Waals surface area contributed by atoms with Gasteiger partial charge in [-0.2, -0.15) is 15.3 Å². The number of carbonyl (C=O) groups excluding carboxylic acids is 1. The van der Waals surface area contributed by atoms with E-state index >= 15 is 0 Å². The lowest BCUT2D eigenvalue weighted by atomic mass is 9.92. The second-order valence-corrected chi connectivity index (χ2v) is 9.07. The van der Waals surface area contributed by atoms with Gasteiger partial charge >= 0.3 is 12.0 Å². The number of carbonyl (C=O) groups is 1. The van der Waals surface area contributed by atoms with Crippen molar-refractivity contribution in [1.82, 2.24) is 24.6 Å². The van der Waals surface area contributed by atoms with Crippen LogP contribution in [0.1, 0.15) is 44.7 Å². The van der Waals surface area contributed by atoms with Crippen LogP contribution in [0, 0.1) is 11.3 Å². The topological polar surface area (TPSA) is 110 Å². The highest BCUT2D eigenvalue weighted by atomic mass is 16.5. The SMILES string of the molecule is CC(C)NC(=O)Nc1ccc(-c2c(C#N)c3ccc(Oc4ncnn4C)cc3n2C2CCC2)cc1. The average molecular weight is 470 g/mol. The third-order valence-electron chi connectivity index (χ3n) is 6.24. The van der Waals surface area contributed by atoms with Crippen molar-refractivity contribution in [2.75, 3.05) is 5.32 Å². The lowest BCUT2D eigenvalue weighted by Crippen LogP contribution is -2.34. The first-order chi connectivity index (χ1) is 16.9. The van der Waals surface area contributed by atoms with Gasteiger partial charge in [0.1, 0.15) is 18.1 Å². The molecule has 1 fully saturated rings. The molecule has 1 saturated carbocycles. The number of nitriles is 1. The molecule has 9 nitrogen and oxygen atoms in total. The first-order valence-electron chi connectivity index (χ1n) is 11.7. The van der Waals surface area contributed by atoms with Crippen LogP contribution in [0.15, 0.2) is 48.8 Å². The molecule has 0 bridgehead atoms. The maximum Gasteiger partial charge on any atom is 0.320 e. The molecule has 2 aromatic carbocycles. The number of ether oxygens (including phenoxy) is 1. The average Bonchev–Trinajstić information content (AvgIpc) is 3.33. The highest BCUT2D eigenvalue weighted by Crippen LogP contribution is 2.43. The molecule has 5 rings (SSSR count). The zero-order valence-electron chi connectivity index (χ0n) is 19.9. The number of amides is 2. The summed E-state index contributed by atoms with van der Waals surface area (Å²) in [6.45, 7) is 3.82. The zero-order valence-corrected chi connectivity index (χ0v) is 19.9. The molecule has 35 heavy (non-hydrogen) atoms. The van der Waals surface area contributed by atoms with Crippen molar-refractivity contribution in [2.45, 2.75) is 45.2 Å². The summed E-state index contributed by atoms with van der Waals surface area (Å²) in [4.78, 5) is 16.2. The van der Waals surface area contributed by atoms with Crippen molar-refractivity contribution in [3.05, 3.63) is 54.4 Å². The Morgan fingerprint density at radius 1 is 1.20 bits per heavy atom. The van der Waals surface area contributed by atoms with Crippen molar-refractivity contribution < 1.29 is 9.53 Å². The number of aryl methyl sites for hydroxylation is 1. The standard InChI is InChI=1S/C26H27N7O2/c1-16(2)30-25(34)31-18-9-7-17(8-10-18)24-22(14-27)21-12-11-20(35-26-28-15-29-32(26)3)13-23(21)33(24)19-5-4-6-19/h7-13,15-16,19H,4-6H2,1-3H3,(H2,30,31,34). The number of fused-ring (bicyclic) bond motifs is 1. The summed E-state index contributed by atoms with van der Waals surface area (Å²) in [7, 11) is 1.77. The zero-order chi connectivity index (χ0) is 24.5. The van der Waals surface area contributed by atoms with Crippen LogP contribution in [0.25, 0.3) is 22.2 Å². The van der Waals surface area contributed by atoms with E-state index in [9.17, 15) is 10.1 Å². The number of rotatable bonds is 6. The Labute approximate surface area is 203 Å². The van der Waals surface area contributed by atoms with Gasteiger partial charge in [0.2, 0.25) is 0 Å². The Balaban J connectivity index is 1.56. The number of urea groups is 1. The smallest absolute Gasteiger partial charge is 0.320 e. The normalized spacial score (nSPS) is 13.5. The largest absolute Gasteiger partial charge is 0.424 e. The molecule has 178 valence electrons. The minimum atomic E-state index is -0.246. The van der Waals surface area contributed by atoms with E-state index in [-0.39, 0.29) is 12.1 Å². The fourth-order valence-electron chi connectivity index (χ4n) is 4.40. The molecule has 0 spiro atoms. The number of benzene rings is 2. The summed E-state index contributed by atoms with van der Waals surface area (Å²) in [6.07, 6.45) is 4.73. The number of anilines is 1. The summed E-state index contributed by atoms with van der Waals surface area (Å²) in [5.74, 6) is 0.637. The van der Waals surface area contributed by atoms with Crippen LogP contribution in [-0.2, 0) is 7.05 Å². The lowest BCUT2D eigenvalue weighted by Gasteiger charge is -2.30. The first kappa shape index (κ1) is 22.5. The maximum absolute atomic E-state index is 12.1. The first-order valence-corrected chi connectivity index (χ1v) is 11.7. The second-order valence-electron chi connectivity index (χ2n) is 9.07. The molecule has 1 aliphatic rings. The molecular weight excluding hydrogens is 442 g/mol. The molecule has 0 unspecified atom stereocenters. The molecule has 0 radical (unpaired) electrons. The van der Waals surface area contributed by atoms with Crippen LogP contribution in [0.4, 0.5) is 10.5 Å². The molecular formula is C26H27N7O2. The molecule has 2 aromatic heterocycles. The number of aromatic nitrogens is 4. The van der Waals surface area contributed by atoms with E-state index in [1.807, 2.05) is 56.3 Å². The lowest BCUT2D eigenvalue weighted by molar-refractivity contribution is 0.250. The van der Waals surface area contributed by atoms with Gasteiger partial charge in [0.05, 0.1) is 16.8 Å². The van der Waals surface area contributed by atoms with E-state index in [0.29, 0.717) is 29.1 Å². The highest BCUT2D eigenvalue weighted by Gasteiger charge is 2.28. The van der Waals surface area contributed by atoms with E-state index in [1.54, 1.807) is 11.7 Å². The number of hydrogen-bond donors (Lipinski definition) is 2. The maximum atomic E-state index is 12.1. The summed E-state index contributed by atoms with van der Waals surface area (Å²) < 4.78 is 9.80. The highest BCUT2D eigenvalue weighted by molar-refractivity contribution is 5.96. The van der Waals surface area contributed by atoms with E-state index in [2.05, 4.69) is 31.4 Å². The van der Waals surface area contributed by atoms with Crippen molar-refractivity contribution in [1.29, 1.82) is 5.26 Å². The van der Waals surface area contributed by atoms with Gasteiger partial charge in [-0.05, 0) is 62.9 Å². The summed E-state index contributed by atoms with van der Waals surface area (Å²) >= 11 is 0. The van der Waals surface area contributed by atoms with E-state index in [4.69, 9.17) is 4.74 Å². The monoisotopic (exact) mass is 469 g/mol. The summed E-state index contributed by atoms with van der Waals surface area (Å²) in [5, 5.41) is 20.8. The van der Waals surface area contributed by atoms with E-state index < -0.39 is 0 Å². The minimum absolute atomic E-state index is 0.0492. The predicted octanol–water partition coefficient (Wildman–Crippen LogP) is 5.36. The molecule has 4 aromatic rings. The van der Waals surface area contributed by atoms with Gasteiger partial charge in [-0.3, -0.25) is 0 Å². The quantitative estimate of drug-likeness (QED) is 0.395. The van der Waals surface area contributed by atoms with Crippen molar-refractivity contribution in [3.8, 4) is 29.1 Å². The van der Waals surface area contributed by atoms with Gasteiger partial charge < -0.3 is 19.9 Å². The van der Waals surface area contributed by atoms with Crippen LogP contribution in [0.3, 0.4) is 0 Å². The number of hydrogen-bond acceptors (Lipinski definition) is 5. The fraction of sp³-hybridized carbons (Fsp3) is 0.308. The Bertz CT molecular complexity index is 1420. The summed E-state index contributed by atoms with van der Waals surface area (Å²) in [6, 6.07) is 16.3. The van der Waals surface area contributed by atoms with Crippen molar-refractivity contribution in [3.63, 3.8) is 0 Å². The number of nitrogens with one attached hydrogen (secondary N) is 2. The molecule has 9 heteroatoms. The van der Waals surface area contributed by atoms with Gasteiger partial charge in [0.15, 0.2) is 0 Å². The predicted molar refractivity (Wildman–Crippen MR) is 133 cm³/mol. The molecule has 0 atom stereocenters. The van der Waals surface area contributed by atoms with Gasteiger partial charge in [-0.1, -0.05) is 12.1 Å². The minimum Gasteiger partial charge on any atom is -0.424 e. The Morgan fingerprint density at radius 2 is 1.97 bits per heavy atom. The molecule has 2 amide bonds. The third kappa shape index (κ3) is 4.30. The molecule has 2 N–H and O–H groups in total. The molecule has 0 saturated heterocycles.